The van der Waals surface area contributed by atoms with Gasteiger partial charge in [-0.3, -0.25) is 9.78 Å². The van der Waals surface area contributed by atoms with Crippen LogP contribution in [-0.4, -0.2) is 32.8 Å². The molecule has 0 saturated carbocycles. The second-order valence-electron chi connectivity index (χ2n) is 4.05. The molecule has 0 unspecified atom stereocenters. The van der Waals surface area contributed by atoms with Crippen LogP contribution in [0.4, 0.5) is 5.69 Å². The summed E-state index contributed by atoms with van der Waals surface area (Å²) in [6.45, 7) is 0.459. The molecule has 3 N–H and O–H groups in total. The molecule has 0 aliphatic carbocycles. The lowest BCUT2D eigenvalue weighted by molar-refractivity contribution is -0.129. The number of aromatic amines is 1. The number of pyridine rings is 1. The largest absolute Gasteiger partial charge is 0.397 e. The zero-order chi connectivity index (χ0) is 13.0. The minimum atomic E-state index is -0.0105. The van der Waals surface area contributed by atoms with Gasteiger partial charge >= 0.3 is 0 Å². The molecule has 2 aromatic heterocycles. The van der Waals surface area contributed by atoms with E-state index >= 15 is 0 Å². The molecule has 0 spiro atoms. The van der Waals surface area contributed by atoms with Gasteiger partial charge in [-0.05, 0) is 12.1 Å². The first-order chi connectivity index (χ1) is 8.65. The van der Waals surface area contributed by atoms with Gasteiger partial charge in [0, 0.05) is 25.1 Å². The molecule has 0 aliphatic heterocycles. The van der Waals surface area contributed by atoms with Crippen LogP contribution in [0, 0.1) is 0 Å². The molecule has 0 radical (unpaired) electrons. The lowest BCUT2D eigenvalue weighted by Gasteiger charge is -2.15. The Kier molecular flexibility index (Phi) is 3.57. The summed E-state index contributed by atoms with van der Waals surface area (Å²) in [6.07, 6.45) is 5.21. The van der Waals surface area contributed by atoms with Crippen LogP contribution >= 0.6 is 0 Å². The maximum atomic E-state index is 11.9. The standard InChI is InChI=1S/C12H15N5O/c1-17(8-11-14-4-5-15-11)12(18)6-10-3-2-9(13)7-16-10/h2-5,7H,6,8,13H2,1H3,(H,14,15). The molecule has 2 heterocycles. The zero-order valence-corrected chi connectivity index (χ0v) is 10.1. The smallest absolute Gasteiger partial charge is 0.228 e. The summed E-state index contributed by atoms with van der Waals surface area (Å²) in [6, 6.07) is 3.50. The molecule has 0 atom stereocenters. The Morgan fingerprint density at radius 3 is 2.89 bits per heavy atom. The van der Waals surface area contributed by atoms with Crippen molar-refractivity contribution in [3.8, 4) is 0 Å². The monoisotopic (exact) mass is 245 g/mol. The van der Waals surface area contributed by atoms with Crippen molar-refractivity contribution in [1.29, 1.82) is 0 Å². The van der Waals surface area contributed by atoms with Gasteiger partial charge in [-0.1, -0.05) is 0 Å². The van der Waals surface area contributed by atoms with E-state index in [1.165, 1.54) is 0 Å². The minimum absolute atomic E-state index is 0.0105. The average Bonchev–Trinajstić information content (AvgIpc) is 2.85. The van der Waals surface area contributed by atoms with Gasteiger partial charge in [0.2, 0.25) is 5.91 Å². The van der Waals surface area contributed by atoms with Crippen LogP contribution in [-0.2, 0) is 17.8 Å². The van der Waals surface area contributed by atoms with Crippen LogP contribution in [0.2, 0.25) is 0 Å². The molecule has 6 nitrogen and oxygen atoms in total. The number of carbonyl (C=O) groups excluding carboxylic acids is 1. The van der Waals surface area contributed by atoms with Crippen LogP contribution < -0.4 is 5.73 Å². The number of rotatable bonds is 4. The molecule has 0 fully saturated rings. The van der Waals surface area contributed by atoms with E-state index < -0.39 is 0 Å². The molecular formula is C12H15N5O. The third-order valence-electron chi connectivity index (χ3n) is 2.55. The fourth-order valence-electron chi connectivity index (χ4n) is 1.53. The first-order valence-corrected chi connectivity index (χ1v) is 5.58. The minimum Gasteiger partial charge on any atom is -0.397 e. The van der Waals surface area contributed by atoms with E-state index in [-0.39, 0.29) is 12.3 Å². The number of amides is 1. The Hall–Kier alpha value is -2.37. The van der Waals surface area contributed by atoms with Crippen molar-refractivity contribution in [2.24, 2.45) is 0 Å². The van der Waals surface area contributed by atoms with E-state index in [9.17, 15) is 4.79 Å². The predicted molar refractivity (Wildman–Crippen MR) is 67.4 cm³/mol. The Morgan fingerprint density at radius 1 is 1.44 bits per heavy atom. The molecule has 0 bridgehead atoms. The zero-order valence-electron chi connectivity index (χ0n) is 10.1. The van der Waals surface area contributed by atoms with Crippen molar-refractivity contribution in [3.63, 3.8) is 0 Å². The number of aromatic nitrogens is 3. The molecule has 2 rings (SSSR count). The van der Waals surface area contributed by atoms with Gasteiger partial charge in [0.25, 0.3) is 0 Å². The van der Waals surface area contributed by atoms with Gasteiger partial charge in [0.15, 0.2) is 0 Å². The van der Waals surface area contributed by atoms with E-state index in [1.807, 2.05) is 0 Å². The highest BCUT2D eigenvalue weighted by molar-refractivity contribution is 5.78. The number of nitrogen functional groups attached to an aromatic ring is 1. The van der Waals surface area contributed by atoms with Crippen LogP contribution in [0.15, 0.2) is 30.7 Å². The lowest BCUT2D eigenvalue weighted by Crippen LogP contribution is -2.28. The van der Waals surface area contributed by atoms with Crippen LogP contribution in [0.3, 0.4) is 0 Å². The highest BCUT2D eigenvalue weighted by Gasteiger charge is 2.11. The number of H-pyrrole nitrogens is 1. The Labute approximate surface area is 105 Å². The van der Waals surface area contributed by atoms with Crippen LogP contribution in [0.25, 0.3) is 0 Å². The molecule has 18 heavy (non-hydrogen) atoms. The number of hydrogen-bond acceptors (Lipinski definition) is 4. The summed E-state index contributed by atoms with van der Waals surface area (Å²) >= 11 is 0. The van der Waals surface area contributed by atoms with Crippen molar-refractivity contribution in [2.75, 3.05) is 12.8 Å². The van der Waals surface area contributed by atoms with Crippen molar-refractivity contribution < 1.29 is 4.79 Å². The molecule has 6 heteroatoms. The average molecular weight is 245 g/mol. The van der Waals surface area contributed by atoms with Gasteiger partial charge in [-0.25, -0.2) is 4.98 Å². The number of nitrogens with one attached hydrogen (secondary N) is 1. The van der Waals surface area contributed by atoms with Crippen molar-refractivity contribution in [1.82, 2.24) is 19.9 Å². The number of carbonyl (C=O) groups is 1. The summed E-state index contributed by atoms with van der Waals surface area (Å²) in [4.78, 5) is 24.7. The fraction of sp³-hybridized carbons (Fsp3) is 0.250. The van der Waals surface area contributed by atoms with Crippen LogP contribution in [0.5, 0.6) is 0 Å². The third kappa shape index (κ3) is 3.07. The second kappa shape index (κ2) is 5.31. The molecule has 0 aliphatic rings. The van der Waals surface area contributed by atoms with Crippen molar-refractivity contribution >= 4 is 11.6 Å². The highest BCUT2D eigenvalue weighted by atomic mass is 16.2. The van der Waals surface area contributed by atoms with Gasteiger partial charge < -0.3 is 15.6 Å². The van der Waals surface area contributed by atoms with Gasteiger partial charge in [0.1, 0.15) is 5.82 Å². The molecule has 2 aromatic rings. The second-order valence-corrected chi connectivity index (χ2v) is 4.05. The predicted octanol–water partition coefficient (Wildman–Crippen LogP) is 0.588. The summed E-state index contributed by atoms with van der Waals surface area (Å²) in [7, 11) is 1.74. The van der Waals surface area contributed by atoms with E-state index in [1.54, 1.807) is 42.7 Å². The summed E-state index contributed by atoms with van der Waals surface area (Å²) < 4.78 is 0. The number of hydrogen-bond donors (Lipinski definition) is 2. The molecule has 94 valence electrons. The van der Waals surface area contributed by atoms with E-state index in [4.69, 9.17) is 5.73 Å². The first kappa shape index (κ1) is 12.1. The first-order valence-electron chi connectivity index (χ1n) is 5.58. The highest BCUT2D eigenvalue weighted by Crippen LogP contribution is 2.04. The van der Waals surface area contributed by atoms with E-state index in [2.05, 4.69) is 15.0 Å². The maximum Gasteiger partial charge on any atom is 0.228 e. The quantitative estimate of drug-likeness (QED) is 0.825. The molecular weight excluding hydrogens is 230 g/mol. The van der Waals surface area contributed by atoms with Crippen molar-refractivity contribution in [2.45, 2.75) is 13.0 Å². The molecule has 0 aromatic carbocycles. The number of likely N-dealkylation sites (N-methyl/N-ethyl adjacent to an activating group) is 1. The maximum absolute atomic E-state index is 11.9. The lowest BCUT2D eigenvalue weighted by atomic mass is 10.2. The number of nitrogens with zero attached hydrogens (tertiary/aromatic N) is 3. The van der Waals surface area contributed by atoms with Gasteiger partial charge in [0.05, 0.1) is 24.8 Å². The Bertz CT molecular complexity index is 506. The molecule has 0 saturated heterocycles. The summed E-state index contributed by atoms with van der Waals surface area (Å²) in [5, 5.41) is 0. The number of nitrogens with two attached hydrogens (primary N) is 1. The normalized spacial score (nSPS) is 10.3. The number of anilines is 1. The molecule has 1 amide bonds. The topological polar surface area (TPSA) is 87.9 Å². The summed E-state index contributed by atoms with van der Waals surface area (Å²) in [5.41, 5.74) is 6.84. The Morgan fingerprint density at radius 2 is 2.28 bits per heavy atom. The van der Waals surface area contributed by atoms with Gasteiger partial charge in [-0.15, -0.1) is 0 Å². The van der Waals surface area contributed by atoms with E-state index in [0.29, 0.717) is 17.9 Å². The number of imidazole rings is 1. The third-order valence-corrected chi connectivity index (χ3v) is 2.55. The summed E-state index contributed by atoms with van der Waals surface area (Å²) in [5.74, 6) is 0.750. The Balaban J connectivity index is 1.93. The van der Waals surface area contributed by atoms with E-state index in [0.717, 1.165) is 5.82 Å². The fourth-order valence-corrected chi connectivity index (χ4v) is 1.53. The van der Waals surface area contributed by atoms with Crippen LogP contribution in [0.1, 0.15) is 11.5 Å². The SMILES string of the molecule is CN(Cc1ncc[nH]1)C(=O)Cc1ccc(N)cn1. The van der Waals surface area contributed by atoms with Crippen molar-refractivity contribution in [3.05, 3.63) is 42.2 Å². The van der Waals surface area contributed by atoms with Gasteiger partial charge in [-0.2, -0.15) is 0 Å².